The Bertz CT molecular complexity index is 531. The van der Waals surface area contributed by atoms with Gasteiger partial charge in [0.25, 0.3) is 0 Å². The fourth-order valence-electron chi connectivity index (χ4n) is 1.71. The molecule has 3 nitrogen and oxygen atoms in total. The van der Waals surface area contributed by atoms with Crippen LogP contribution in [0.3, 0.4) is 0 Å². The van der Waals surface area contributed by atoms with Crippen LogP contribution in [0.15, 0.2) is 42.7 Å². The number of halogens is 1. The van der Waals surface area contributed by atoms with Gasteiger partial charge in [0.15, 0.2) is 0 Å². The molecule has 2 rings (SSSR count). The Kier molecular flexibility index (Phi) is 3.77. The van der Waals surface area contributed by atoms with E-state index >= 15 is 0 Å². The molecular weight excluding hydrogens is 231 g/mol. The van der Waals surface area contributed by atoms with Crippen molar-refractivity contribution in [3.8, 4) is 5.75 Å². The van der Waals surface area contributed by atoms with Gasteiger partial charge >= 0.3 is 0 Å². The van der Waals surface area contributed by atoms with Crippen LogP contribution in [0.1, 0.15) is 18.5 Å². The van der Waals surface area contributed by atoms with Crippen LogP contribution in [-0.4, -0.2) is 12.1 Å². The van der Waals surface area contributed by atoms with Gasteiger partial charge in [-0.1, -0.05) is 6.07 Å². The van der Waals surface area contributed by atoms with Crippen molar-refractivity contribution >= 4 is 5.69 Å². The number of rotatable bonds is 4. The number of benzene rings is 1. The SMILES string of the molecule is COc1cccc(NC(C)c2cncc(F)c2)c1. The van der Waals surface area contributed by atoms with Crippen molar-refractivity contribution in [1.82, 2.24) is 4.98 Å². The number of methoxy groups -OCH3 is 1. The predicted octanol–water partition coefficient (Wildman–Crippen LogP) is 3.40. The van der Waals surface area contributed by atoms with Crippen LogP contribution in [-0.2, 0) is 0 Å². The van der Waals surface area contributed by atoms with E-state index < -0.39 is 0 Å². The summed E-state index contributed by atoms with van der Waals surface area (Å²) in [6.45, 7) is 1.95. The number of pyridine rings is 1. The Balaban J connectivity index is 2.13. The molecule has 1 aromatic heterocycles. The van der Waals surface area contributed by atoms with Gasteiger partial charge in [0.05, 0.1) is 19.3 Å². The van der Waals surface area contributed by atoms with E-state index in [0.717, 1.165) is 17.0 Å². The van der Waals surface area contributed by atoms with E-state index in [2.05, 4.69) is 10.3 Å². The largest absolute Gasteiger partial charge is 0.497 e. The van der Waals surface area contributed by atoms with Gasteiger partial charge in [-0.3, -0.25) is 4.98 Å². The van der Waals surface area contributed by atoms with E-state index in [9.17, 15) is 4.39 Å². The monoisotopic (exact) mass is 246 g/mol. The van der Waals surface area contributed by atoms with Crippen molar-refractivity contribution in [2.75, 3.05) is 12.4 Å². The second kappa shape index (κ2) is 5.49. The minimum atomic E-state index is -0.327. The average Bonchev–Trinajstić information content (AvgIpc) is 2.39. The summed E-state index contributed by atoms with van der Waals surface area (Å²) in [7, 11) is 1.62. The molecule has 1 heterocycles. The van der Waals surface area contributed by atoms with Crippen LogP contribution >= 0.6 is 0 Å². The molecule has 4 heteroatoms. The van der Waals surface area contributed by atoms with Crippen LogP contribution < -0.4 is 10.1 Å². The molecule has 1 N–H and O–H groups in total. The fourth-order valence-corrected chi connectivity index (χ4v) is 1.71. The van der Waals surface area contributed by atoms with Crippen LogP contribution in [0.25, 0.3) is 0 Å². The number of hydrogen-bond donors (Lipinski definition) is 1. The van der Waals surface area contributed by atoms with Gasteiger partial charge in [-0.25, -0.2) is 4.39 Å². The highest BCUT2D eigenvalue weighted by atomic mass is 19.1. The van der Waals surface area contributed by atoms with Gasteiger partial charge in [0.2, 0.25) is 0 Å². The molecule has 0 saturated heterocycles. The first kappa shape index (κ1) is 12.4. The maximum atomic E-state index is 13.1. The first-order chi connectivity index (χ1) is 8.69. The van der Waals surface area contributed by atoms with Crippen LogP contribution in [0, 0.1) is 5.82 Å². The summed E-state index contributed by atoms with van der Waals surface area (Å²) >= 11 is 0. The van der Waals surface area contributed by atoms with Gasteiger partial charge in [-0.15, -0.1) is 0 Å². The molecule has 0 amide bonds. The number of nitrogens with one attached hydrogen (secondary N) is 1. The maximum absolute atomic E-state index is 13.1. The summed E-state index contributed by atoms with van der Waals surface area (Å²) in [5.74, 6) is 0.455. The molecule has 1 atom stereocenters. The lowest BCUT2D eigenvalue weighted by molar-refractivity contribution is 0.415. The van der Waals surface area contributed by atoms with Gasteiger partial charge in [0, 0.05) is 18.0 Å². The quantitative estimate of drug-likeness (QED) is 0.897. The third-order valence-corrected chi connectivity index (χ3v) is 2.68. The zero-order valence-electron chi connectivity index (χ0n) is 10.4. The van der Waals surface area contributed by atoms with Crippen molar-refractivity contribution in [2.24, 2.45) is 0 Å². The summed E-state index contributed by atoms with van der Waals surface area (Å²) in [5.41, 5.74) is 1.73. The first-order valence-electron chi connectivity index (χ1n) is 5.70. The molecule has 0 aliphatic rings. The lowest BCUT2D eigenvalue weighted by Gasteiger charge is -2.15. The number of hydrogen-bond acceptors (Lipinski definition) is 3. The van der Waals surface area contributed by atoms with Gasteiger partial charge in [-0.2, -0.15) is 0 Å². The van der Waals surface area contributed by atoms with Crippen LogP contribution in [0.2, 0.25) is 0 Å². The molecule has 18 heavy (non-hydrogen) atoms. The number of aromatic nitrogens is 1. The molecule has 0 saturated carbocycles. The predicted molar refractivity (Wildman–Crippen MR) is 69.2 cm³/mol. The minimum Gasteiger partial charge on any atom is -0.497 e. The smallest absolute Gasteiger partial charge is 0.141 e. The van der Waals surface area contributed by atoms with Gasteiger partial charge in [0.1, 0.15) is 11.6 Å². The Labute approximate surface area is 106 Å². The first-order valence-corrected chi connectivity index (χ1v) is 5.70. The topological polar surface area (TPSA) is 34.1 Å². The number of anilines is 1. The number of ether oxygens (including phenoxy) is 1. The molecule has 2 aromatic rings. The Morgan fingerprint density at radius 3 is 2.83 bits per heavy atom. The van der Waals surface area contributed by atoms with Gasteiger partial charge < -0.3 is 10.1 Å². The second-order valence-corrected chi connectivity index (χ2v) is 4.03. The van der Waals surface area contributed by atoms with E-state index in [1.165, 1.54) is 12.3 Å². The average molecular weight is 246 g/mol. The number of nitrogens with zero attached hydrogens (tertiary/aromatic N) is 1. The van der Waals surface area contributed by atoms with Crippen LogP contribution in [0.4, 0.5) is 10.1 Å². The minimum absolute atomic E-state index is 0.0275. The van der Waals surface area contributed by atoms with Gasteiger partial charge in [-0.05, 0) is 30.7 Å². The highest BCUT2D eigenvalue weighted by molar-refractivity contribution is 5.49. The third kappa shape index (κ3) is 2.97. The summed E-state index contributed by atoms with van der Waals surface area (Å²) in [5, 5.41) is 3.27. The van der Waals surface area contributed by atoms with E-state index in [-0.39, 0.29) is 11.9 Å². The maximum Gasteiger partial charge on any atom is 0.141 e. The van der Waals surface area contributed by atoms with Crippen molar-refractivity contribution in [3.05, 3.63) is 54.1 Å². The summed E-state index contributed by atoms with van der Waals surface area (Å²) in [6, 6.07) is 9.05. The molecule has 0 aliphatic heterocycles. The Hall–Kier alpha value is -2.10. The summed E-state index contributed by atoms with van der Waals surface area (Å²) in [6.07, 6.45) is 2.85. The molecular formula is C14H15FN2O. The van der Waals surface area contributed by atoms with Crippen molar-refractivity contribution in [2.45, 2.75) is 13.0 Å². The standard InChI is InChI=1S/C14H15FN2O/c1-10(11-6-12(15)9-16-8-11)17-13-4-3-5-14(7-13)18-2/h3-10,17H,1-2H3. The zero-order valence-corrected chi connectivity index (χ0v) is 10.4. The lowest BCUT2D eigenvalue weighted by Crippen LogP contribution is -2.07. The molecule has 1 unspecified atom stereocenters. The zero-order chi connectivity index (χ0) is 13.0. The molecule has 94 valence electrons. The molecule has 0 fully saturated rings. The normalized spacial score (nSPS) is 11.9. The molecule has 0 spiro atoms. The highest BCUT2D eigenvalue weighted by Crippen LogP contribution is 2.22. The lowest BCUT2D eigenvalue weighted by atomic mass is 10.1. The summed E-state index contributed by atoms with van der Waals surface area (Å²) < 4.78 is 18.2. The molecule has 0 aliphatic carbocycles. The second-order valence-electron chi connectivity index (χ2n) is 4.03. The highest BCUT2D eigenvalue weighted by Gasteiger charge is 2.07. The Morgan fingerprint density at radius 1 is 1.28 bits per heavy atom. The van der Waals surface area contributed by atoms with Crippen molar-refractivity contribution in [3.63, 3.8) is 0 Å². The Morgan fingerprint density at radius 2 is 2.11 bits per heavy atom. The molecule has 0 radical (unpaired) electrons. The van der Waals surface area contributed by atoms with Crippen molar-refractivity contribution in [1.29, 1.82) is 0 Å². The van der Waals surface area contributed by atoms with E-state index in [1.54, 1.807) is 13.3 Å². The van der Waals surface area contributed by atoms with Crippen LogP contribution in [0.5, 0.6) is 5.75 Å². The molecule has 1 aromatic carbocycles. The third-order valence-electron chi connectivity index (χ3n) is 2.68. The molecule has 0 bridgehead atoms. The van der Waals surface area contributed by atoms with E-state index in [1.807, 2.05) is 31.2 Å². The van der Waals surface area contributed by atoms with Crippen molar-refractivity contribution < 1.29 is 9.13 Å². The summed E-state index contributed by atoms with van der Waals surface area (Å²) in [4.78, 5) is 3.84. The van der Waals surface area contributed by atoms with E-state index in [4.69, 9.17) is 4.74 Å². The van der Waals surface area contributed by atoms with E-state index in [0.29, 0.717) is 0 Å². The fraction of sp³-hybridized carbons (Fsp3) is 0.214.